The Morgan fingerprint density at radius 1 is 1.10 bits per heavy atom. The maximum atomic E-state index is 12.5. The minimum absolute atomic E-state index is 0.0119. The van der Waals surface area contributed by atoms with Crippen molar-refractivity contribution < 1.29 is 24.2 Å². The van der Waals surface area contributed by atoms with Gasteiger partial charge in [0.05, 0.1) is 12.0 Å². The average molecular weight is 442 g/mol. The number of aromatic hydroxyl groups is 1. The summed E-state index contributed by atoms with van der Waals surface area (Å²) in [5.41, 5.74) is 1.82. The van der Waals surface area contributed by atoms with Crippen LogP contribution >= 0.6 is 11.8 Å². The van der Waals surface area contributed by atoms with Crippen molar-refractivity contribution in [1.82, 2.24) is 5.32 Å². The molecule has 0 aliphatic rings. The number of thioether (sulfide) groups is 1. The van der Waals surface area contributed by atoms with Gasteiger partial charge in [0.15, 0.2) is 0 Å². The molecule has 0 fully saturated rings. The van der Waals surface area contributed by atoms with E-state index in [-0.39, 0.29) is 29.1 Å². The summed E-state index contributed by atoms with van der Waals surface area (Å²) in [6, 6.07) is 11.7. The normalized spacial score (nSPS) is 11.9. The van der Waals surface area contributed by atoms with Crippen LogP contribution in [0.4, 0.5) is 0 Å². The Morgan fingerprint density at radius 3 is 2.48 bits per heavy atom. The summed E-state index contributed by atoms with van der Waals surface area (Å²) < 4.78 is 5.34. The molecule has 8 heteroatoms. The summed E-state index contributed by atoms with van der Waals surface area (Å²) >= 11 is 1.40. The van der Waals surface area contributed by atoms with Crippen LogP contribution in [0.3, 0.4) is 0 Å². The highest BCUT2D eigenvalue weighted by Gasteiger charge is 2.22. The summed E-state index contributed by atoms with van der Waals surface area (Å²) in [5.74, 6) is -0.877. The lowest BCUT2D eigenvalue weighted by atomic mass is 10.0. The van der Waals surface area contributed by atoms with Crippen LogP contribution in [0, 0.1) is 13.8 Å². The topological polar surface area (TPSA) is 117 Å². The van der Waals surface area contributed by atoms with Gasteiger partial charge in [-0.3, -0.25) is 4.79 Å². The molecular formula is C23H23NO6S. The molecule has 162 valence electrons. The van der Waals surface area contributed by atoms with E-state index >= 15 is 0 Å². The number of hydrogen-bond donors (Lipinski definition) is 3. The lowest BCUT2D eigenvalue weighted by Gasteiger charge is -2.15. The van der Waals surface area contributed by atoms with Crippen molar-refractivity contribution in [3.63, 3.8) is 0 Å². The number of phenols is 1. The lowest BCUT2D eigenvalue weighted by Crippen LogP contribution is -2.43. The molecule has 0 bridgehead atoms. The van der Waals surface area contributed by atoms with Gasteiger partial charge in [-0.2, -0.15) is 11.8 Å². The fourth-order valence-electron chi connectivity index (χ4n) is 3.23. The van der Waals surface area contributed by atoms with Crippen LogP contribution < -0.4 is 10.9 Å². The quantitative estimate of drug-likeness (QED) is 0.460. The van der Waals surface area contributed by atoms with E-state index in [9.17, 15) is 24.6 Å². The molecule has 3 rings (SSSR count). The lowest BCUT2D eigenvalue weighted by molar-refractivity contribution is -0.141. The van der Waals surface area contributed by atoms with Crippen molar-refractivity contribution >= 4 is 34.6 Å². The van der Waals surface area contributed by atoms with Crippen molar-refractivity contribution in [2.75, 3.05) is 5.75 Å². The Hall–Kier alpha value is -3.26. The van der Waals surface area contributed by atoms with Gasteiger partial charge in [0.25, 0.3) is 0 Å². The van der Waals surface area contributed by atoms with E-state index in [1.165, 1.54) is 17.8 Å². The Morgan fingerprint density at radius 2 is 1.81 bits per heavy atom. The summed E-state index contributed by atoms with van der Waals surface area (Å²) in [4.78, 5) is 36.5. The van der Waals surface area contributed by atoms with Gasteiger partial charge in [-0.05, 0) is 37.1 Å². The molecule has 2 aromatic carbocycles. The van der Waals surface area contributed by atoms with Crippen molar-refractivity contribution in [1.29, 1.82) is 0 Å². The van der Waals surface area contributed by atoms with Gasteiger partial charge in [-0.1, -0.05) is 30.3 Å². The zero-order valence-corrected chi connectivity index (χ0v) is 18.0. The molecule has 0 aliphatic carbocycles. The third kappa shape index (κ3) is 5.27. The number of hydrogen-bond acceptors (Lipinski definition) is 6. The van der Waals surface area contributed by atoms with Gasteiger partial charge in [-0.25, -0.2) is 9.59 Å². The summed E-state index contributed by atoms with van der Waals surface area (Å²) in [6.45, 7) is 3.33. The third-order valence-electron chi connectivity index (χ3n) is 5.04. The Bertz CT molecular complexity index is 1170. The minimum Gasteiger partial charge on any atom is -0.508 e. The van der Waals surface area contributed by atoms with Crippen LogP contribution in [0.15, 0.2) is 51.7 Å². The largest absolute Gasteiger partial charge is 0.508 e. The maximum Gasteiger partial charge on any atom is 0.340 e. The monoisotopic (exact) mass is 441 g/mol. The second-order valence-electron chi connectivity index (χ2n) is 7.22. The number of carboxylic acid groups (broad SMARTS) is 1. The first kappa shape index (κ1) is 22.4. The van der Waals surface area contributed by atoms with Crippen LogP contribution in [0.1, 0.15) is 22.3 Å². The zero-order valence-electron chi connectivity index (χ0n) is 17.2. The molecule has 0 saturated heterocycles. The van der Waals surface area contributed by atoms with Gasteiger partial charge >= 0.3 is 11.6 Å². The standard InChI is InChI=1S/C23H23NO6S/c1-13-16-8-9-19(25)14(2)21(16)30-23(29)17(13)10-20(26)24-18(22(27)28)12-31-11-15-6-4-3-5-7-15/h3-9,18,25H,10-12H2,1-2H3,(H,24,26)(H,27,28)/t18-/m1/s1. The fraction of sp³-hybridized carbons (Fsp3) is 0.261. The first-order valence-electron chi connectivity index (χ1n) is 9.66. The van der Waals surface area contributed by atoms with E-state index < -0.39 is 23.5 Å². The average Bonchev–Trinajstić information content (AvgIpc) is 2.74. The number of amides is 1. The molecule has 3 N–H and O–H groups in total. The van der Waals surface area contributed by atoms with E-state index in [0.717, 1.165) is 5.56 Å². The van der Waals surface area contributed by atoms with Crippen LogP contribution in [0.2, 0.25) is 0 Å². The summed E-state index contributed by atoms with van der Waals surface area (Å²) in [5, 5.41) is 22.4. The van der Waals surface area contributed by atoms with Crippen molar-refractivity contribution in [3.8, 4) is 5.75 Å². The number of phenolic OH excluding ortho intramolecular Hbond substituents is 1. The molecule has 0 saturated carbocycles. The molecule has 1 aromatic heterocycles. The van der Waals surface area contributed by atoms with Crippen LogP contribution in [-0.4, -0.2) is 33.9 Å². The van der Waals surface area contributed by atoms with Gasteiger partial charge in [-0.15, -0.1) is 0 Å². The molecule has 1 heterocycles. The van der Waals surface area contributed by atoms with Gasteiger partial charge < -0.3 is 19.9 Å². The number of aryl methyl sites for hydroxylation is 2. The van der Waals surface area contributed by atoms with Gasteiger partial charge in [0, 0.05) is 22.5 Å². The van der Waals surface area contributed by atoms with Crippen LogP contribution in [0.25, 0.3) is 11.0 Å². The predicted octanol–water partition coefficient (Wildman–Crippen LogP) is 3.16. The van der Waals surface area contributed by atoms with Crippen molar-refractivity contribution in [3.05, 3.63) is 75.1 Å². The molecule has 7 nitrogen and oxygen atoms in total. The maximum absolute atomic E-state index is 12.5. The van der Waals surface area contributed by atoms with E-state index in [2.05, 4.69) is 5.32 Å². The van der Waals surface area contributed by atoms with E-state index in [1.54, 1.807) is 19.9 Å². The zero-order chi connectivity index (χ0) is 22.5. The number of benzene rings is 2. The molecule has 1 amide bonds. The fourth-order valence-corrected chi connectivity index (χ4v) is 4.24. The molecule has 0 radical (unpaired) electrons. The number of rotatable bonds is 8. The molecule has 0 spiro atoms. The van der Waals surface area contributed by atoms with Crippen LogP contribution in [-0.2, 0) is 21.8 Å². The molecular weight excluding hydrogens is 418 g/mol. The molecule has 3 aromatic rings. The highest BCUT2D eigenvalue weighted by molar-refractivity contribution is 7.98. The van der Waals surface area contributed by atoms with Crippen molar-refractivity contribution in [2.45, 2.75) is 32.1 Å². The number of carbonyl (C=O) groups is 2. The van der Waals surface area contributed by atoms with Crippen LogP contribution in [0.5, 0.6) is 5.75 Å². The summed E-state index contributed by atoms with van der Waals surface area (Å²) in [6.07, 6.45) is -0.294. The number of nitrogens with one attached hydrogen (secondary N) is 1. The molecule has 0 unspecified atom stereocenters. The smallest absolute Gasteiger partial charge is 0.340 e. The summed E-state index contributed by atoms with van der Waals surface area (Å²) in [7, 11) is 0. The second-order valence-corrected chi connectivity index (χ2v) is 8.25. The molecule has 31 heavy (non-hydrogen) atoms. The minimum atomic E-state index is -1.14. The first-order valence-corrected chi connectivity index (χ1v) is 10.8. The Labute approximate surface area is 183 Å². The highest BCUT2D eigenvalue weighted by Crippen LogP contribution is 2.28. The molecule has 1 atom stereocenters. The predicted molar refractivity (Wildman–Crippen MR) is 119 cm³/mol. The van der Waals surface area contributed by atoms with E-state index in [0.29, 0.717) is 22.3 Å². The van der Waals surface area contributed by atoms with Gasteiger partial charge in [0.1, 0.15) is 17.4 Å². The number of carbonyl (C=O) groups excluding carboxylic acids is 1. The highest BCUT2D eigenvalue weighted by atomic mass is 32.2. The van der Waals surface area contributed by atoms with E-state index in [4.69, 9.17) is 4.42 Å². The van der Waals surface area contributed by atoms with E-state index in [1.807, 2.05) is 30.3 Å². The number of fused-ring (bicyclic) bond motifs is 1. The molecule has 0 aliphatic heterocycles. The number of aliphatic carboxylic acids is 1. The van der Waals surface area contributed by atoms with Crippen molar-refractivity contribution in [2.24, 2.45) is 0 Å². The van der Waals surface area contributed by atoms with Gasteiger partial charge in [0.2, 0.25) is 5.91 Å². The Kier molecular flexibility index (Phi) is 7.02. The SMILES string of the molecule is Cc1c(CC(=O)N[C@H](CSCc2ccccc2)C(=O)O)c(=O)oc2c(C)c(O)ccc12. The third-order valence-corrected chi connectivity index (χ3v) is 6.15. The first-order chi connectivity index (χ1) is 14.8. The number of carboxylic acids is 1. The second kappa shape index (κ2) is 9.70. The Balaban J connectivity index is 1.71.